The van der Waals surface area contributed by atoms with E-state index in [0.717, 1.165) is 17.9 Å². The number of aryl methyl sites for hydroxylation is 1. The second kappa shape index (κ2) is 7.45. The Morgan fingerprint density at radius 3 is 2.59 bits per heavy atom. The summed E-state index contributed by atoms with van der Waals surface area (Å²) in [5.74, 6) is 0.746. The van der Waals surface area contributed by atoms with Gasteiger partial charge in [0.2, 0.25) is 0 Å². The highest BCUT2D eigenvalue weighted by molar-refractivity contribution is 5.89. The molecule has 1 heterocycles. The van der Waals surface area contributed by atoms with Gasteiger partial charge in [-0.1, -0.05) is 25.1 Å². The molecule has 2 rings (SSSR count). The summed E-state index contributed by atoms with van der Waals surface area (Å²) in [7, 11) is 0. The van der Waals surface area contributed by atoms with Gasteiger partial charge in [0.15, 0.2) is 0 Å². The molecule has 116 valence electrons. The summed E-state index contributed by atoms with van der Waals surface area (Å²) in [6.45, 7) is 5.94. The standard InChI is InChI=1S/C17H22N4O/c1-4-13-7-5-6-8-15(13)21-16-10-9-14(11-18-16)20-17(22)19-12(2)3/h5-12H,4H2,1-3H3,(H,18,21)(H2,19,20,22). The van der Waals surface area contributed by atoms with Gasteiger partial charge in [0.05, 0.1) is 11.9 Å². The van der Waals surface area contributed by atoms with Crippen molar-refractivity contribution < 1.29 is 4.79 Å². The monoisotopic (exact) mass is 298 g/mol. The summed E-state index contributed by atoms with van der Waals surface area (Å²) >= 11 is 0. The molecule has 0 radical (unpaired) electrons. The third-order valence-corrected chi connectivity index (χ3v) is 3.10. The fourth-order valence-corrected chi connectivity index (χ4v) is 2.06. The molecule has 1 aromatic heterocycles. The topological polar surface area (TPSA) is 66.0 Å². The number of nitrogens with zero attached hydrogens (tertiary/aromatic N) is 1. The molecule has 0 saturated carbocycles. The highest BCUT2D eigenvalue weighted by atomic mass is 16.2. The first-order valence-electron chi connectivity index (χ1n) is 7.47. The Morgan fingerprint density at radius 1 is 1.18 bits per heavy atom. The Hall–Kier alpha value is -2.56. The van der Waals surface area contributed by atoms with Crippen molar-refractivity contribution in [3.8, 4) is 0 Å². The zero-order chi connectivity index (χ0) is 15.9. The number of para-hydroxylation sites is 1. The molecule has 5 heteroatoms. The number of amides is 2. The molecule has 2 amide bonds. The minimum atomic E-state index is -0.228. The summed E-state index contributed by atoms with van der Waals surface area (Å²) in [5.41, 5.74) is 2.95. The molecule has 0 aliphatic rings. The maximum absolute atomic E-state index is 11.6. The molecular weight excluding hydrogens is 276 g/mol. The lowest BCUT2D eigenvalue weighted by atomic mass is 10.1. The maximum Gasteiger partial charge on any atom is 0.319 e. The predicted molar refractivity (Wildman–Crippen MR) is 90.6 cm³/mol. The van der Waals surface area contributed by atoms with Gasteiger partial charge in [-0.15, -0.1) is 0 Å². The van der Waals surface area contributed by atoms with E-state index < -0.39 is 0 Å². The van der Waals surface area contributed by atoms with Crippen molar-refractivity contribution in [3.63, 3.8) is 0 Å². The lowest BCUT2D eigenvalue weighted by Crippen LogP contribution is -2.34. The molecule has 5 nitrogen and oxygen atoms in total. The Morgan fingerprint density at radius 2 is 1.95 bits per heavy atom. The summed E-state index contributed by atoms with van der Waals surface area (Å²) in [5, 5.41) is 8.81. The van der Waals surface area contributed by atoms with E-state index in [1.807, 2.05) is 44.2 Å². The maximum atomic E-state index is 11.6. The van der Waals surface area contributed by atoms with Crippen molar-refractivity contribution in [2.45, 2.75) is 33.2 Å². The number of anilines is 3. The van der Waals surface area contributed by atoms with Gasteiger partial charge in [0.1, 0.15) is 5.82 Å². The normalized spacial score (nSPS) is 10.4. The van der Waals surface area contributed by atoms with E-state index in [2.05, 4.69) is 33.9 Å². The Kier molecular flexibility index (Phi) is 5.36. The zero-order valence-electron chi connectivity index (χ0n) is 13.2. The van der Waals surface area contributed by atoms with Gasteiger partial charge < -0.3 is 16.0 Å². The van der Waals surface area contributed by atoms with Gasteiger partial charge in [-0.25, -0.2) is 9.78 Å². The molecule has 22 heavy (non-hydrogen) atoms. The number of aromatic nitrogens is 1. The van der Waals surface area contributed by atoms with Crippen molar-refractivity contribution >= 4 is 23.2 Å². The number of benzene rings is 1. The van der Waals surface area contributed by atoms with Crippen LogP contribution in [0.15, 0.2) is 42.6 Å². The molecule has 0 aliphatic heterocycles. The molecule has 0 fully saturated rings. The van der Waals surface area contributed by atoms with Crippen molar-refractivity contribution in [3.05, 3.63) is 48.2 Å². The first-order valence-corrected chi connectivity index (χ1v) is 7.47. The molecule has 0 aliphatic carbocycles. The summed E-state index contributed by atoms with van der Waals surface area (Å²) < 4.78 is 0. The number of rotatable bonds is 5. The summed E-state index contributed by atoms with van der Waals surface area (Å²) in [4.78, 5) is 15.9. The summed E-state index contributed by atoms with van der Waals surface area (Å²) in [6.07, 6.45) is 2.59. The fraction of sp³-hybridized carbons (Fsp3) is 0.294. The van der Waals surface area contributed by atoms with Crippen molar-refractivity contribution in [2.75, 3.05) is 10.6 Å². The van der Waals surface area contributed by atoms with E-state index in [4.69, 9.17) is 0 Å². The number of hydrogen-bond donors (Lipinski definition) is 3. The largest absolute Gasteiger partial charge is 0.340 e. The molecular formula is C17H22N4O. The Bertz CT molecular complexity index is 623. The van der Waals surface area contributed by atoms with Crippen LogP contribution < -0.4 is 16.0 Å². The molecule has 2 aromatic rings. The van der Waals surface area contributed by atoms with Gasteiger partial charge in [0.25, 0.3) is 0 Å². The summed E-state index contributed by atoms with van der Waals surface area (Å²) in [6, 6.07) is 11.7. The van der Waals surface area contributed by atoms with Crippen LogP contribution in [0, 0.1) is 0 Å². The molecule has 0 spiro atoms. The smallest absolute Gasteiger partial charge is 0.319 e. The second-order valence-electron chi connectivity index (χ2n) is 5.32. The quantitative estimate of drug-likeness (QED) is 0.784. The van der Waals surface area contributed by atoms with E-state index in [-0.39, 0.29) is 12.1 Å². The van der Waals surface area contributed by atoms with E-state index in [1.54, 1.807) is 6.20 Å². The second-order valence-corrected chi connectivity index (χ2v) is 5.32. The van der Waals surface area contributed by atoms with Gasteiger partial charge >= 0.3 is 6.03 Å². The van der Waals surface area contributed by atoms with Crippen LogP contribution in [0.3, 0.4) is 0 Å². The average molecular weight is 298 g/mol. The fourth-order valence-electron chi connectivity index (χ4n) is 2.06. The molecule has 0 atom stereocenters. The van der Waals surface area contributed by atoms with E-state index in [0.29, 0.717) is 5.69 Å². The van der Waals surface area contributed by atoms with E-state index >= 15 is 0 Å². The van der Waals surface area contributed by atoms with Crippen LogP contribution in [0.1, 0.15) is 26.3 Å². The van der Waals surface area contributed by atoms with Gasteiger partial charge in [-0.2, -0.15) is 0 Å². The van der Waals surface area contributed by atoms with Gasteiger partial charge in [-0.3, -0.25) is 0 Å². The third-order valence-electron chi connectivity index (χ3n) is 3.10. The predicted octanol–water partition coefficient (Wildman–Crippen LogP) is 3.92. The van der Waals surface area contributed by atoms with Crippen LogP contribution in [-0.4, -0.2) is 17.1 Å². The van der Waals surface area contributed by atoms with Crippen LogP contribution in [0.2, 0.25) is 0 Å². The van der Waals surface area contributed by atoms with Crippen LogP contribution >= 0.6 is 0 Å². The Labute approximate surface area is 131 Å². The van der Waals surface area contributed by atoms with Crippen molar-refractivity contribution in [2.24, 2.45) is 0 Å². The number of carbonyl (C=O) groups is 1. The number of pyridine rings is 1. The number of nitrogens with one attached hydrogen (secondary N) is 3. The highest BCUT2D eigenvalue weighted by Gasteiger charge is 2.05. The van der Waals surface area contributed by atoms with Crippen molar-refractivity contribution in [1.29, 1.82) is 0 Å². The Balaban J connectivity index is 2.01. The third kappa shape index (κ3) is 4.48. The van der Waals surface area contributed by atoms with Crippen LogP contribution in [-0.2, 0) is 6.42 Å². The van der Waals surface area contributed by atoms with Gasteiger partial charge in [-0.05, 0) is 44.0 Å². The first-order chi connectivity index (χ1) is 10.6. The lowest BCUT2D eigenvalue weighted by molar-refractivity contribution is 0.250. The lowest BCUT2D eigenvalue weighted by Gasteiger charge is -2.12. The molecule has 3 N–H and O–H groups in total. The number of urea groups is 1. The zero-order valence-corrected chi connectivity index (χ0v) is 13.2. The number of hydrogen-bond acceptors (Lipinski definition) is 3. The highest BCUT2D eigenvalue weighted by Crippen LogP contribution is 2.20. The average Bonchev–Trinajstić information content (AvgIpc) is 2.49. The van der Waals surface area contributed by atoms with E-state index in [9.17, 15) is 4.79 Å². The molecule has 0 saturated heterocycles. The van der Waals surface area contributed by atoms with Gasteiger partial charge in [0, 0.05) is 11.7 Å². The van der Waals surface area contributed by atoms with Crippen LogP contribution in [0.4, 0.5) is 22.0 Å². The SMILES string of the molecule is CCc1ccccc1Nc1ccc(NC(=O)NC(C)C)cn1. The van der Waals surface area contributed by atoms with Crippen LogP contribution in [0.5, 0.6) is 0 Å². The number of carbonyl (C=O) groups excluding carboxylic acids is 1. The van der Waals surface area contributed by atoms with Crippen LogP contribution in [0.25, 0.3) is 0 Å². The first kappa shape index (κ1) is 15.8. The molecule has 0 unspecified atom stereocenters. The van der Waals surface area contributed by atoms with E-state index in [1.165, 1.54) is 5.56 Å². The molecule has 0 bridgehead atoms. The van der Waals surface area contributed by atoms with Crippen molar-refractivity contribution in [1.82, 2.24) is 10.3 Å². The minimum absolute atomic E-state index is 0.0967. The molecule has 1 aromatic carbocycles. The minimum Gasteiger partial charge on any atom is -0.340 e.